The molecule has 2 bridgehead atoms. The van der Waals surface area contributed by atoms with Gasteiger partial charge in [0.1, 0.15) is 22.1 Å². The lowest BCUT2D eigenvalue weighted by molar-refractivity contribution is 0.0920. The fourth-order valence-electron chi connectivity index (χ4n) is 5.19. The maximum absolute atomic E-state index is 12.9. The SMILES string of the molecule is Cc1nc2sc(C(=O)N[C@H]3COc4cc(N5CC6CCCC(C5)N6)ccc4C3)c(N)c2s1. The molecule has 3 aromatic rings. The second-order valence-corrected chi connectivity index (χ2v) is 11.3. The highest BCUT2D eigenvalue weighted by atomic mass is 32.1. The highest BCUT2D eigenvalue weighted by Gasteiger charge is 2.31. The number of fused-ring (bicyclic) bond motifs is 4. The van der Waals surface area contributed by atoms with Gasteiger partial charge in [0.05, 0.1) is 21.4 Å². The molecular formula is C23H27N5O2S2. The number of nitrogens with one attached hydrogen (secondary N) is 2. The van der Waals surface area contributed by atoms with Crippen LogP contribution < -0.4 is 26.0 Å². The zero-order valence-electron chi connectivity index (χ0n) is 18.0. The van der Waals surface area contributed by atoms with Crippen molar-refractivity contribution in [1.82, 2.24) is 15.6 Å². The van der Waals surface area contributed by atoms with E-state index >= 15 is 0 Å². The number of benzene rings is 1. The minimum absolute atomic E-state index is 0.0753. The number of aryl methyl sites for hydroxylation is 1. The van der Waals surface area contributed by atoms with Gasteiger partial charge in [-0.2, -0.15) is 0 Å². The van der Waals surface area contributed by atoms with E-state index in [1.54, 1.807) is 0 Å². The van der Waals surface area contributed by atoms with Gasteiger partial charge in [0, 0.05) is 36.9 Å². The predicted octanol–water partition coefficient (Wildman–Crippen LogP) is 3.31. The number of carbonyl (C=O) groups excluding carboxylic acids is 1. The summed E-state index contributed by atoms with van der Waals surface area (Å²) in [5, 5.41) is 7.82. The van der Waals surface area contributed by atoms with E-state index in [0.717, 1.165) is 45.4 Å². The van der Waals surface area contributed by atoms with Crippen molar-refractivity contribution in [1.29, 1.82) is 0 Å². The van der Waals surface area contributed by atoms with Crippen molar-refractivity contribution in [3.05, 3.63) is 33.6 Å². The summed E-state index contributed by atoms with van der Waals surface area (Å²) in [5.41, 5.74) is 9.15. The van der Waals surface area contributed by atoms with Crippen molar-refractivity contribution in [3.63, 3.8) is 0 Å². The Labute approximate surface area is 195 Å². The van der Waals surface area contributed by atoms with Gasteiger partial charge in [0.2, 0.25) is 0 Å². The first-order valence-electron chi connectivity index (χ1n) is 11.3. The maximum Gasteiger partial charge on any atom is 0.263 e. The normalized spacial score (nSPS) is 24.8. The molecule has 1 amide bonds. The molecule has 9 heteroatoms. The Kier molecular flexibility index (Phi) is 5.00. The Morgan fingerprint density at radius 2 is 2.09 bits per heavy atom. The number of carbonyl (C=O) groups is 1. The number of nitrogens with zero attached hydrogens (tertiary/aromatic N) is 2. The number of hydrogen-bond acceptors (Lipinski definition) is 8. The largest absolute Gasteiger partial charge is 0.491 e. The number of amides is 1. The first kappa shape index (κ1) is 20.3. The van der Waals surface area contributed by atoms with Crippen molar-refractivity contribution in [3.8, 4) is 5.75 Å². The van der Waals surface area contributed by atoms with E-state index in [1.165, 1.54) is 47.6 Å². The zero-order chi connectivity index (χ0) is 21.8. The monoisotopic (exact) mass is 469 g/mol. The van der Waals surface area contributed by atoms with Gasteiger partial charge in [-0.15, -0.1) is 22.7 Å². The van der Waals surface area contributed by atoms with E-state index in [4.69, 9.17) is 10.5 Å². The average molecular weight is 470 g/mol. The van der Waals surface area contributed by atoms with Crippen LogP contribution >= 0.6 is 22.7 Å². The second-order valence-electron chi connectivity index (χ2n) is 9.09. The van der Waals surface area contributed by atoms with Crippen LogP contribution in [0.15, 0.2) is 18.2 Å². The molecule has 2 fully saturated rings. The number of nitrogens with two attached hydrogens (primary N) is 1. The molecular weight excluding hydrogens is 442 g/mol. The Balaban J connectivity index is 1.14. The van der Waals surface area contributed by atoms with Crippen LogP contribution in [0.3, 0.4) is 0 Å². The van der Waals surface area contributed by atoms with Crippen molar-refractivity contribution >= 4 is 49.5 Å². The molecule has 4 N–H and O–H groups in total. The van der Waals surface area contributed by atoms with Crippen molar-refractivity contribution in [2.24, 2.45) is 0 Å². The fraction of sp³-hybridized carbons (Fsp3) is 0.478. The van der Waals surface area contributed by atoms with Gasteiger partial charge >= 0.3 is 0 Å². The van der Waals surface area contributed by atoms with E-state index in [-0.39, 0.29) is 11.9 Å². The summed E-state index contributed by atoms with van der Waals surface area (Å²) in [7, 11) is 0. The van der Waals surface area contributed by atoms with Gasteiger partial charge in [0.15, 0.2) is 0 Å². The molecule has 0 aliphatic carbocycles. The molecule has 2 saturated heterocycles. The molecule has 3 aliphatic rings. The smallest absolute Gasteiger partial charge is 0.263 e. The van der Waals surface area contributed by atoms with Crippen molar-refractivity contribution in [2.45, 2.75) is 50.7 Å². The van der Waals surface area contributed by atoms with Gasteiger partial charge in [-0.25, -0.2) is 4.98 Å². The lowest BCUT2D eigenvalue weighted by Gasteiger charge is -2.43. The summed E-state index contributed by atoms with van der Waals surface area (Å²) in [4.78, 5) is 21.2. The molecule has 1 aromatic carbocycles. The Hall–Kier alpha value is -2.36. The standard InChI is InChI=1S/C23H27N5O2S2/c1-12-25-23-21(31-12)19(24)20(32-23)22(29)27-16-7-13-5-6-17(8-18(13)30-11-16)28-9-14-3-2-4-15(10-28)26-14/h5-6,8,14-16,26H,2-4,7,9-11,24H2,1H3,(H,27,29)/t14?,15?,16-/m1/s1. The number of piperazine rings is 1. The predicted molar refractivity (Wildman–Crippen MR) is 130 cm³/mol. The van der Waals surface area contributed by atoms with Crippen LogP contribution in [0.25, 0.3) is 9.53 Å². The molecule has 3 atom stereocenters. The van der Waals surface area contributed by atoms with Gasteiger partial charge in [-0.3, -0.25) is 4.79 Å². The van der Waals surface area contributed by atoms with Gasteiger partial charge in [-0.1, -0.05) is 12.5 Å². The molecule has 5 heterocycles. The topological polar surface area (TPSA) is 92.5 Å². The zero-order valence-corrected chi connectivity index (χ0v) is 19.7. The molecule has 7 nitrogen and oxygen atoms in total. The number of thiophene rings is 1. The third-order valence-corrected chi connectivity index (χ3v) is 8.94. The van der Waals surface area contributed by atoms with Gasteiger partial charge < -0.3 is 26.0 Å². The first-order valence-corrected chi connectivity index (χ1v) is 12.9. The van der Waals surface area contributed by atoms with E-state index in [1.807, 2.05) is 6.92 Å². The van der Waals surface area contributed by atoms with Crippen molar-refractivity contribution < 1.29 is 9.53 Å². The Morgan fingerprint density at radius 1 is 1.28 bits per heavy atom. The third-order valence-electron chi connectivity index (χ3n) is 6.71. The summed E-state index contributed by atoms with van der Waals surface area (Å²) >= 11 is 2.90. The minimum Gasteiger partial charge on any atom is -0.491 e. The van der Waals surface area contributed by atoms with E-state index in [9.17, 15) is 4.79 Å². The molecule has 6 rings (SSSR count). The number of nitrogen functional groups attached to an aromatic ring is 1. The molecule has 32 heavy (non-hydrogen) atoms. The highest BCUT2D eigenvalue weighted by molar-refractivity contribution is 7.29. The number of thiazole rings is 1. The van der Waals surface area contributed by atoms with Gasteiger partial charge in [-0.05, 0) is 37.8 Å². The number of ether oxygens (including phenoxy) is 1. The molecule has 0 spiro atoms. The molecule has 0 radical (unpaired) electrons. The third kappa shape index (κ3) is 3.62. The number of rotatable bonds is 3. The summed E-state index contributed by atoms with van der Waals surface area (Å²) in [5.74, 6) is 0.795. The minimum atomic E-state index is -0.142. The van der Waals surface area contributed by atoms with Crippen LogP contribution in [0.2, 0.25) is 0 Å². The number of anilines is 2. The van der Waals surface area contributed by atoms with E-state index < -0.39 is 0 Å². The molecule has 2 aromatic heterocycles. The number of hydrogen-bond donors (Lipinski definition) is 3. The van der Waals surface area contributed by atoms with Crippen LogP contribution in [0.1, 0.15) is 39.5 Å². The molecule has 2 unspecified atom stereocenters. The Morgan fingerprint density at radius 3 is 2.88 bits per heavy atom. The van der Waals surface area contributed by atoms with Gasteiger partial charge in [0.25, 0.3) is 5.91 Å². The number of piperidine rings is 1. The summed E-state index contributed by atoms with van der Waals surface area (Å²) in [6, 6.07) is 7.65. The first-order chi connectivity index (χ1) is 15.5. The summed E-state index contributed by atoms with van der Waals surface area (Å²) < 4.78 is 7.00. The molecule has 0 saturated carbocycles. The lowest BCUT2D eigenvalue weighted by atomic mass is 9.93. The lowest BCUT2D eigenvalue weighted by Crippen LogP contribution is -2.58. The van der Waals surface area contributed by atoms with Crippen molar-refractivity contribution in [2.75, 3.05) is 30.3 Å². The van der Waals surface area contributed by atoms with Crippen LogP contribution in [0, 0.1) is 6.92 Å². The van der Waals surface area contributed by atoms with Crippen LogP contribution in [0.5, 0.6) is 5.75 Å². The van der Waals surface area contributed by atoms with Crippen LogP contribution in [-0.2, 0) is 6.42 Å². The maximum atomic E-state index is 12.9. The summed E-state index contributed by atoms with van der Waals surface area (Å²) in [6.45, 7) is 4.53. The Bertz CT molecular complexity index is 1180. The second kappa shape index (κ2) is 7.90. The van der Waals surface area contributed by atoms with Crippen LogP contribution in [0.4, 0.5) is 11.4 Å². The fourth-order valence-corrected chi connectivity index (χ4v) is 7.28. The van der Waals surface area contributed by atoms with E-state index in [2.05, 4.69) is 38.7 Å². The quantitative estimate of drug-likeness (QED) is 0.545. The highest BCUT2D eigenvalue weighted by Crippen LogP contribution is 2.37. The van der Waals surface area contributed by atoms with E-state index in [0.29, 0.717) is 29.3 Å². The number of aromatic nitrogens is 1. The van der Waals surface area contributed by atoms with Crippen LogP contribution in [-0.4, -0.2) is 48.7 Å². The summed E-state index contributed by atoms with van der Waals surface area (Å²) in [6.07, 6.45) is 4.61. The molecule has 3 aliphatic heterocycles. The molecule has 168 valence electrons. The average Bonchev–Trinajstić information content (AvgIpc) is 3.30.